The van der Waals surface area contributed by atoms with Crippen molar-refractivity contribution in [2.75, 3.05) is 13.7 Å². The molecule has 0 saturated heterocycles. The quantitative estimate of drug-likeness (QED) is 0.820. The summed E-state index contributed by atoms with van der Waals surface area (Å²) in [6.45, 7) is 0.243. The highest BCUT2D eigenvalue weighted by Gasteiger charge is 2.12. The highest BCUT2D eigenvalue weighted by atomic mass is 16.5. The number of aromatic nitrogens is 3. The van der Waals surface area contributed by atoms with Gasteiger partial charge in [0.15, 0.2) is 0 Å². The average Bonchev–Trinajstić information content (AvgIpc) is 2.79. The highest BCUT2D eigenvalue weighted by molar-refractivity contribution is 5.52. The van der Waals surface area contributed by atoms with Gasteiger partial charge < -0.3 is 14.4 Å². The molecule has 2 aromatic heterocycles. The standard InChI is InChI=1S/C11H13N3O3/c1-16-7-9(15)6-10-13-11(14-17-10)8-2-4-12-5-3-8/h2-5,9,15H,6-7H2,1H3. The molecule has 1 atom stereocenters. The molecule has 90 valence electrons. The number of rotatable bonds is 5. The third-order valence-electron chi connectivity index (χ3n) is 2.18. The number of aliphatic hydroxyl groups is 1. The molecular formula is C11H13N3O3. The summed E-state index contributed by atoms with van der Waals surface area (Å²) < 4.78 is 9.86. The lowest BCUT2D eigenvalue weighted by Gasteiger charge is -2.04. The van der Waals surface area contributed by atoms with E-state index in [2.05, 4.69) is 15.1 Å². The molecule has 2 aromatic rings. The Morgan fingerprint density at radius 2 is 2.18 bits per heavy atom. The Morgan fingerprint density at radius 1 is 1.41 bits per heavy atom. The normalized spacial score (nSPS) is 12.6. The molecule has 2 heterocycles. The van der Waals surface area contributed by atoms with E-state index in [1.165, 1.54) is 7.11 Å². The molecule has 1 N–H and O–H groups in total. The third kappa shape index (κ3) is 3.08. The number of hydrogen-bond acceptors (Lipinski definition) is 6. The first-order valence-electron chi connectivity index (χ1n) is 5.19. The van der Waals surface area contributed by atoms with Crippen LogP contribution in [-0.4, -0.2) is 40.1 Å². The summed E-state index contributed by atoms with van der Waals surface area (Å²) in [7, 11) is 1.53. The minimum Gasteiger partial charge on any atom is -0.390 e. The summed E-state index contributed by atoms with van der Waals surface area (Å²) in [5.74, 6) is 0.883. The molecule has 0 saturated carbocycles. The number of aliphatic hydroxyl groups excluding tert-OH is 1. The van der Waals surface area contributed by atoms with Gasteiger partial charge in [-0.3, -0.25) is 4.98 Å². The number of methoxy groups -OCH3 is 1. The van der Waals surface area contributed by atoms with Gasteiger partial charge in [-0.15, -0.1) is 0 Å². The van der Waals surface area contributed by atoms with Crippen LogP contribution in [0.15, 0.2) is 29.0 Å². The Kier molecular flexibility index (Phi) is 3.79. The van der Waals surface area contributed by atoms with E-state index in [0.717, 1.165) is 5.56 Å². The smallest absolute Gasteiger partial charge is 0.229 e. The largest absolute Gasteiger partial charge is 0.390 e. The Morgan fingerprint density at radius 3 is 2.88 bits per heavy atom. The monoisotopic (exact) mass is 235 g/mol. The Hall–Kier alpha value is -1.79. The molecule has 6 nitrogen and oxygen atoms in total. The van der Waals surface area contributed by atoms with Crippen molar-refractivity contribution in [3.8, 4) is 11.4 Å². The van der Waals surface area contributed by atoms with Crippen LogP contribution in [0.3, 0.4) is 0 Å². The fraction of sp³-hybridized carbons (Fsp3) is 0.364. The molecule has 0 bridgehead atoms. The van der Waals surface area contributed by atoms with Crippen LogP contribution < -0.4 is 0 Å². The van der Waals surface area contributed by atoms with Gasteiger partial charge in [-0.2, -0.15) is 4.98 Å². The van der Waals surface area contributed by atoms with Gasteiger partial charge in [0.1, 0.15) is 0 Å². The third-order valence-corrected chi connectivity index (χ3v) is 2.18. The van der Waals surface area contributed by atoms with Gasteiger partial charge in [0.2, 0.25) is 11.7 Å². The number of hydrogen-bond donors (Lipinski definition) is 1. The number of ether oxygens (including phenoxy) is 1. The molecule has 0 aliphatic carbocycles. The zero-order chi connectivity index (χ0) is 12.1. The van der Waals surface area contributed by atoms with Crippen LogP contribution in [0.25, 0.3) is 11.4 Å². The fourth-order valence-electron chi connectivity index (χ4n) is 1.41. The molecule has 0 aliphatic heterocycles. The van der Waals surface area contributed by atoms with Crippen LogP contribution in [0, 0.1) is 0 Å². The molecule has 1 unspecified atom stereocenters. The van der Waals surface area contributed by atoms with Crippen LogP contribution in [0.5, 0.6) is 0 Å². The molecule has 0 radical (unpaired) electrons. The topological polar surface area (TPSA) is 81.3 Å². The first kappa shape index (κ1) is 11.7. The van der Waals surface area contributed by atoms with E-state index >= 15 is 0 Å². The minimum absolute atomic E-state index is 0.243. The molecule has 17 heavy (non-hydrogen) atoms. The van der Waals surface area contributed by atoms with E-state index in [1.807, 2.05) is 0 Å². The molecule has 0 spiro atoms. The van der Waals surface area contributed by atoms with Crippen molar-refractivity contribution < 1.29 is 14.4 Å². The first-order valence-corrected chi connectivity index (χ1v) is 5.19. The SMILES string of the molecule is COCC(O)Cc1nc(-c2ccncc2)no1. The highest BCUT2D eigenvalue weighted by Crippen LogP contribution is 2.14. The van der Waals surface area contributed by atoms with Crippen molar-refractivity contribution in [1.29, 1.82) is 0 Å². The van der Waals surface area contributed by atoms with Gasteiger partial charge in [0, 0.05) is 25.1 Å². The summed E-state index contributed by atoms with van der Waals surface area (Å²) in [5.41, 5.74) is 0.830. The summed E-state index contributed by atoms with van der Waals surface area (Å²) in [6, 6.07) is 3.58. The first-order chi connectivity index (χ1) is 8.29. The van der Waals surface area contributed by atoms with E-state index in [4.69, 9.17) is 9.26 Å². The van der Waals surface area contributed by atoms with Crippen LogP contribution >= 0.6 is 0 Å². The van der Waals surface area contributed by atoms with Gasteiger partial charge in [-0.05, 0) is 12.1 Å². The van der Waals surface area contributed by atoms with Gasteiger partial charge in [0.25, 0.3) is 0 Å². The fourth-order valence-corrected chi connectivity index (χ4v) is 1.41. The Bertz CT molecular complexity index is 458. The molecule has 0 aliphatic rings. The predicted octanol–water partition coefficient (Wildman–Crippen LogP) is 0.681. The van der Waals surface area contributed by atoms with E-state index in [9.17, 15) is 5.11 Å². The zero-order valence-corrected chi connectivity index (χ0v) is 9.41. The van der Waals surface area contributed by atoms with Crippen LogP contribution in [0.4, 0.5) is 0 Å². The summed E-state index contributed by atoms with van der Waals surface area (Å²) >= 11 is 0. The second-order valence-electron chi connectivity index (χ2n) is 3.56. The second kappa shape index (κ2) is 5.51. The summed E-state index contributed by atoms with van der Waals surface area (Å²) in [5, 5.41) is 13.4. The Labute approximate surface area is 98.3 Å². The minimum atomic E-state index is -0.634. The van der Waals surface area contributed by atoms with Crippen LogP contribution in [0.1, 0.15) is 5.89 Å². The zero-order valence-electron chi connectivity index (χ0n) is 9.41. The van der Waals surface area contributed by atoms with Gasteiger partial charge >= 0.3 is 0 Å². The maximum atomic E-state index is 9.52. The van der Waals surface area contributed by atoms with Crippen LogP contribution in [0.2, 0.25) is 0 Å². The van der Waals surface area contributed by atoms with E-state index < -0.39 is 6.10 Å². The van der Waals surface area contributed by atoms with E-state index in [0.29, 0.717) is 11.7 Å². The lowest BCUT2D eigenvalue weighted by Crippen LogP contribution is -2.17. The number of nitrogens with zero attached hydrogens (tertiary/aromatic N) is 3. The van der Waals surface area contributed by atoms with Crippen molar-refractivity contribution in [2.45, 2.75) is 12.5 Å². The molecule has 2 rings (SSSR count). The second-order valence-corrected chi connectivity index (χ2v) is 3.56. The van der Waals surface area contributed by atoms with Crippen molar-refractivity contribution in [3.63, 3.8) is 0 Å². The van der Waals surface area contributed by atoms with Crippen molar-refractivity contribution in [2.24, 2.45) is 0 Å². The molecule has 0 fully saturated rings. The van der Waals surface area contributed by atoms with E-state index in [-0.39, 0.29) is 13.0 Å². The average molecular weight is 235 g/mol. The summed E-state index contributed by atoms with van der Waals surface area (Å²) in [4.78, 5) is 8.09. The lowest BCUT2D eigenvalue weighted by atomic mass is 10.2. The predicted molar refractivity (Wildman–Crippen MR) is 59.1 cm³/mol. The molecular weight excluding hydrogens is 222 g/mol. The molecule has 0 amide bonds. The van der Waals surface area contributed by atoms with Crippen LogP contribution in [-0.2, 0) is 11.2 Å². The maximum absolute atomic E-state index is 9.52. The van der Waals surface area contributed by atoms with Gasteiger partial charge in [0.05, 0.1) is 19.1 Å². The van der Waals surface area contributed by atoms with Crippen molar-refractivity contribution in [1.82, 2.24) is 15.1 Å². The number of pyridine rings is 1. The molecule has 6 heteroatoms. The van der Waals surface area contributed by atoms with Crippen molar-refractivity contribution in [3.05, 3.63) is 30.4 Å². The van der Waals surface area contributed by atoms with Gasteiger partial charge in [-0.25, -0.2) is 0 Å². The summed E-state index contributed by atoms with van der Waals surface area (Å²) in [6.07, 6.45) is 2.97. The van der Waals surface area contributed by atoms with Gasteiger partial charge in [-0.1, -0.05) is 5.16 Å². The van der Waals surface area contributed by atoms with E-state index in [1.54, 1.807) is 24.5 Å². The lowest BCUT2D eigenvalue weighted by molar-refractivity contribution is 0.0599. The Balaban J connectivity index is 2.06. The molecule has 0 aromatic carbocycles. The van der Waals surface area contributed by atoms with Crippen molar-refractivity contribution >= 4 is 0 Å². The maximum Gasteiger partial charge on any atom is 0.229 e.